The quantitative estimate of drug-likeness (QED) is 0.583. The lowest BCUT2D eigenvalue weighted by Crippen LogP contribution is -2.26. The van der Waals surface area contributed by atoms with Crippen LogP contribution in [0.25, 0.3) is 0 Å². The number of nitrogens with zero attached hydrogens (tertiary/aromatic N) is 2. The van der Waals surface area contributed by atoms with E-state index in [9.17, 15) is 0 Å². The maximum absolute atomic E-state index is 5.70. The van der Waals surface area contributed by atoms with Gasteiger partial charge in [-0.05, 0) is 35.1 Å². The highest BCUT2D eigenvalue weighted by Gasteiger charge is 2.16. The summed E-state index contributed by atoms with van der Waals surface area (Å²) in [6.07, 6.45) is 0. The number of benzene rings is 1. The summed E-state index contributed by atoms with van der Waals surface area (Å²) in [5, 5.41) is 0. The molecule has 1 aromatic rings. The van der Waals surface area contributed by atoms with Crippen molar-refractivity contribution in [2.75, 3.05) is 7.11 Å². The summed E-state index contributed by atoms with van der Waals surface area (Å²) >= 11 is 0. The molecule has 0 bridgehead atoms. The summed E-state index contributed by atoms with van der Waals surface area (Å²) in [5.41, 5.74) is 19.2. The first-order chi connectivity index (χ1) is 9.76. The van der Waals surface area contributed by atoms with Gasteiger partial charge in [0.25, 0.3) is 0 Å². The van der Waals surface area contributed by atoms with Crippen molar-refractivity contribution in [2.24, 2.45) is 27.2 Å². The minimum absolute atomic E-state index is 0.0320. The fraction of sp³-hybridized carbons (Fsp3) is 0.467. The molecule has 116 valence electrons. The Morgan fingerprint density at radius 1 is 1.00 bits per heavy atom. The van der Waals surface area contributed by atoms with Crippen molar-refractivity contribution in [2.45, 2.75) is 39.5 Å². The van der Waals surface area contributed by atoms with Gasteiger partial charge in [-0.3, -0.25) is 0 Å². The Morgan fingerprint density at radius 3 is 1.81 bits per heavy atom. The van der Waals surface area contributed by atoms with E-state index < -0.39 is 0 Å². The highest BCUT2D eigenvalue weighted by Crippen LogP contribution is 2.38. The van der Waals surface area contributed by atoms with Crippen molar-refractivity contribution in [1.82, 2.24) is 0 Å². The summed E-state index contributed by atoms with van der Waals surface area (Å²) in [5.74, 6) is 1.43. The normalized spacial score (nSPS) is 11.9. The van der Waals surface area contributed by atoms with Crippen molar-refractivity contribution >= 4 is 17.6 Å². The van der Waals surface area contributed by atoms with Gasteiger partial charge in [-0.1, -0.05) is 27.7 Å². The first-order valence-electron chi connectivity index (χ1n) is 6.91. The molecule has 0 radical (unpaired) electrons. The molecule has 0 fully saturated rings. The Morgan fingerprint density at radius 2 is 1.48 bits per heavy atom. The maximum Gasteiger partial charge on any atom is 0.223 e. The van der Waals surface area contributed by atoms with E-state index in [-0.39, 0.29) is 11.9 Å². The molecular weight excluding hydrogens is 266 g/mol. The van der Waals surface area contributed by atoms with Crippen LogP contribution in [0.1, 0.15) is 50.7 Å². The van der Waals surface area contributed by atoms with Gasteiger partial charge in [-0.15, -0.1) is 0 Å². The van der Waals surface area contributed by atoms with Gasteiger partial charge < -0.3 is 21.9 Å². The molecule has 1 aromatic carbocycles. The first-order valence-corrected chi connectivity index (χ1v) is 6.91. The van der Waals surface area contributed by atoms with Crippen molar-refractivity contribution in [3.05, 3.63) is 23.3 Å². The number of nitrogens with two attached hydrogens (primary N) is 3. The Bertz CT molecular complexity index is 528. The number of hydrogen-bond acceptors (Lipinski definition) is 2. The van der Waals surface area contributed by atoms with E-state index in [4.69, 9.17) is 21.9 Å². The number of aliphatic imine (C=N–C) groups is 2. The average molecular weight is 291 g/mol. The Labute approximate surface area is 126 Å². The number of ether oxygens (including phenoxy) is 1. The summed E-state index contributed by atoms with van der Waals surface area (Å²) in [6.45, 7) is 8.42. The molecule has 0 heterocycles. The molecule has 0 unspecified atom stereocenters. The van der Waals surface area contributed by atoms with Gasteiger partial charge in [0.2, 0.25) is 5.96 Å². The predicted octanol–water partition coefficient (Wildman–Crippen LogP) is 2.16. The molecule has 0 saturated carbocycles. The summed E-state index contributed by atoms with van der Waals surface area (Å²) in [7, 11) is 1.68. The fourth-order valence-corrected chi connectivity index (χ4v) is 2.11. The minimum Gasteiger partial charge on any atom is -0.496 e. The van der Waals surface area contributed by atoms with Crippen LogP contribution in [0.2, 0.25) is 0 Å². The lowest BCUT2D eigenvalue weighted by Gasteiger charge is -2.19. The molecule has 0 saturated heterocycles. The standard InChI is InChI=1S/C15H25N5O/c1-8(2)11-6-10(19-15(18)20-14(16)17)7-12(9(3)4)13(11)21-5/h6-9H,1-5H3,(H6,16,17,18,19,20). The minimum atomic E-state index is -0.113. The van der Waals surface area contributed by atoms with E-state index in [2.05, 4.69) is 37.7 Å². The smallest absolute Gasteiger partial charge is 0.223 e. The Hall–Kier alpha value is -2.24. The fourth-order valence-electron chi connectivity index (χ4n) is 2.11. The molecule has 0 aromatic heterocycles. The van der Waals surface area contributed by atoms with E-state index in [0.29, 0.717) is 17.5 Å². The van der Waals surface area contributed by atoms with Gasteiger partial charge >= 0.3 is 0 Å². The lowest BCUT2D eigenvalue weighted by molar-refractivity contribution is 0.400. The van der Waals surface area contributed by atoms with Crippen LogP contribution in [-0.2, 0) is 0 Å². The van der Waals surface area contributed by atoms with Crippen LogP contribution >= 0.6 is 0 Å². The third kappa shape index (κ3) is 4.37. The monoisotopic (exact) mass is 291 g/mol. The van der Waals surface area contributed by atoms with Gasteiger partial charge in [0.05, 0.1) is 12.8 Å². The topological polar surface area (TPSA) is 112 Å². The molecule has 0 aliphatic carbocycles. The van der Waals surface area contributed by atoms with Gasteiger partial charge in [-0.2, -0.15) is 4.99 Å². The van der Waals surface area contributed by atoms with Crippen molar-refractivity contribution in [3.63, 3.8) is 0 Å². The zero-order valence-corrected chi connectivity index (χ0v) is 13.3. The highest BCUT2D eigenvalue weighted by molar-refractivity contribution is 5.93. The first kappa shape index (κ1) is 16.8. The van der Waals surface area contributed by atoms with Crippen LogP contribution in [0.4, 0.5) is 5.69 Å². The zero-order valence-electron chi connectivity index (χ0n) is 13.3. The van der Waals surface area contributed by atoms with Crippen molar-refractivity contribution in [3.8, 4) is 5.75 Å². The van der Waals surface area contributed by atoms with E-state index in [1.807, 2.05) is 12.1 Å². The van der Waals surface area contributed by atoms with Crippen LogP contribution in [0, 0.1) is 0 Å². The van der Waals surface area contributed by atoms with Gasteiger partial charge in [0.15, 0.2) is 5.96 Å². The number of hydrogen-bond donors (Lipinski definition) is 3. The molecule has 0 aliphatic heterocycles. The highest BCUT2D eigenvalue weighted by atomic mass is 16.5. The van der Waals surface area contributed by atoms with E-state index in [0.717, 1.165) is 16.9 Å². The van der Waals surface area contributed by atoms with E-state index >= 15 is 0 Å². The summed E-state index contributed by atoms with van der Waals surface area (Å²) < 4.78 is 5.58. The van der Waals surface area contributed by atoms with Crippen LogP contribution in [-0.4, -0.2) is 19.0 Å². The SMILES string of the molecule is COc1c(C(C)C)cc(N=C(N)N=C(N)N)cc1C(C)C. The largest absolute Gasteiger partial charge is 0.496 e. The number of guanidine groups is 2. The van der Waals surface area contributed by atoms with Gasteiger partial charge in [0, 0.05) is 0 Å². The molecule has 0 spiro atoms. The number of rotatable bonds is 4. The van der Waals surface area contributed by atoms with Crippen LogP contribution in [0.5, 0.6) is 5.75 Å². The van der Waals surface area contributed by atoms with Crippen molar-refractivity contribution < 1.29 is 4.74 Å². The second kappa shape index (κ2) is 6.97. The molecule has 0 amide bonds. The molecule has 0 aliphatic rings. The molecule has 21 heavy (non-hydrogen) atoms. The lowest BCUT2D eigenvalue weighted by atomic mass is 9.93. The third-order valence-corrected chi connectivity index (χ3v) is 3.07. The van der Waals surface area contributed by atoms with Crippen LogP contribution in [0.15, 0.2) is 22.1 Å². The molecular formula is C15H25N5O. The Balaban J connectivity index is 3.45. The number of methoxy groups -OCH3 is 1. The predicted molar refractivity (Wildman–Crippen MR) is 88.3 cm³/mol. The van der Waals surface area contributed by atoms with E-state index in [1.54, 1.807) is 7.11 Å². The average Bonchev–Trinajstić information content (AvgIpc) is 2.36. The molecule has 6 nitrogen and oxygen atoms in total. The van der Waals surface area contributed by atoms with Crippen LogP contribution in [0.3, 0.4) is 0 Å². The Kier molecular flexibility index (Phi) is 5.58. The molecule has 0 atom stereocenters. The van der Waals surface area contributed by atoms with Gasteiger partial charge in [-0.25, -0.2) is 4.99 Å². The second-order valence-corrected chi connectivity index (χ2v) is 5.47. The van der Waals surface area contributed by atoms with Gasteiger partial charge in [0.1, 0.15) is 5.75 Å². The molecule has 1 rings (SSSR count). The third-order valence-electron chi connectivity index (χ3n) is 3.07. The molecule has 6 N–H and O–H groups in total. The summed E-state index contributed by atoms with van der Waals surface area (Å²) in [6, 6.07) is 3.90. The van der Waals surface area contributed by atoms with E-state index in [1.165, 1.54) is 0 Å². The van der Waals surface area contributed by atoms with Crippen molar-refractivity contribution in [1.29, 1.82) is 0 Å². The molecule has 6 heteroatoms. The van der Waals surface area contributed by atoms with Crippen LogP contribution < -0.4 is 21.9 Å². The zero-order chi connectivity index (χ0) is 16.2. The summed E-state index contributed by atoms with van der Waals surface area (Å²) in [4.78, 5) is 7.99. The maximum atomic E-state index is 5.70. The second-order valence-electron chi connectivity index (χ2n) is 5.47.